The van der Waals surface area contributed by atoms with Crippen LogP contribution in [0.1, 0.15) is 0 Å². The van der Waals surface area contributed by atoms with E-state index in [1.807, 2.05) is 12.5 Å². The second-order valence-corrected chi connectivity index (χ2v) is 13.3. The van der Waals surface area contributed by atoms with E-state index in [0.29, 0.717) is 5.75 Å². The van der Waals surface area contributed by atoms with Gasteiger partial charge in [-0.15, -0.1) is 21.9 Å². The lowest BCUT2D eigenvalue weighted by atomic mass is 9.12. The summed E-state index contributed by atoms with van der Waals surface area (Å²) >= 11 is 0. The van der Waals surface area contributed by atoms with Crippen LogP contribution in [0.2, 0.25) is 0 Å². The predicted octanol–water partition coefficient (Wildman–Crippen LogP) is 6.11. The molecule has 0 aliphatic carbocycles. The van der Waals surface area contributed by atoms with Crippen molar-refractivity contribution in [3.63, 3.8) is 0 Å². The van der Waals surface area contributed by atoms with Crippen molar-refractivity contribution in [2.45, 2.75) is 0 Å². The van der Waals surface area contributed by atoms with Gasteiger partial charge in [-0.2, -0.15) is 0 Å². The highest BCUT2D eigenvalue weighted by molar-refractivity contribution is 7.95. The number of hydrogen-bond acceptors (Lipinski definition) is 4. The summed E-state index contributed by atoms with van der Waals surface area (Å²) in [4.78, 5) is 18.1. The van der Waals surface area contributed by atoms with Crippen LogP contribution in [0.5, 0.6) is 0 Å². The molecule has 0 amide bonds. The maximum atomic E-state index is 15.4. The van der Waals surface area contributed by atoms with E-state index in [9.17, 15) is 72.9 Å². The Bertz CT molecular complexity index is 2000. The molecule has 57 heavy (non-hydrogen) atoms. The van der Waals surface area contributed by atoms with Gasteiger partial charge in [-0.05, 0) is 10.9 Å². The molecule has 0 N–H and O–H groups in total. The fraction of sp³-hybridized carbons (Fsp3) is 0.103. The van der Waals surface area contributed by atoms with E-state index < -0.39 is 160 Å². The zero-order chi connectivity index (χ0) is 44.1. The maximum absolute atomic E-state index is 15.4. The molecule has 0 fully saturated rings. The first-order valence-electron chi connectivity index (χ1n) is 13.9. The van der Waals surface area contributed by atoms with Gasteiger partial charge < -0.3 is 0 Å². The van der Waals surface area contributed by atoms with E-state index in [1.54, 1.807) is 0 Å². The summed E-state index contributed by atoms with van der Waals surface area (Å²) in [5.74, 6) is -72.0. The average molecular weight is 872 g/mol. The van der Waals surface area contributed by atoms with Crippen molar-refractivity contribution in [3.8, 4) is 0 Å². The summed E-state index contributed by atoms with van der Waals surface area (Å²) in [5, 5.41) is 20.1. The highest BCUT2D eigenvalue weighted by Crippen LogP contribution is 2.30. The molecule has 0 heterocycles. The Kier molecular flexibility index (Phi) is 13.3. The largest absolute Gasteiger partial charge is 0.559 e. The lowest BCUT2D eigenvalue weighted by Crippen LogP contribution is -2.81. The third-order valence-electron chi connectivity index (χ3n) is 7.68. The number of hydrogen-bond donors (Lipinski definition) is 0. The molecule has 0 aliphatic heterocycles. The van der Waals surface area contributed by atoms with Gasteiger partial charge in [-0.25, -0.2) is 87.8 Å². The molecule has 0 aliphatic rings. The summed E-state index contributed by atoms with van der Waals surface area (Å²) in [6.07, 6.45) is -2.46. The first-order chi connectivity index (χ1) is 26.1. The Hall–Kier alpha value is -5.57. The first-order valence-corrected chi connectivity index (χ1v) is 16.1. The van der Waals surface area contributed by atoms with Gasteiger partial charge in [0.1, 0.15) is 74.4 Å². The zero-order valence-corrected chi connectivity index (χ0v) is 27.7. The molecule has 0 radical (unpaired) electrons. The monoisotopic (exact) mass is 872 g/mol. The summed E-state index contributed by atoms with van der Waals surface area (Å²) in [7, 11) is -0.0545. The first kappa shape index (κ1) is 45.8. The molecule has 0 spiro atoms. The lowest BCUT2D eigenvalue weighted by molar-refractivity contribution is -0.616. The number of benzene rings is 4. The SMILES string of the molecule is C[S+](C)CC=C([N+](=O)[O-])[N+](=O)[O-].Fc1c(F)c(F)c([B-](c2c(F)c(F)c(F)c(F)c2F)(c2c(F)c(F)c(F)c(F)c2F)c2c(F)c(F)c(F)c(F)c2F)c(F)c1F. The Balaban J connectivity index is 0.000000626. The molecule has 308 valence electrons. The summed E-state index contributed by atoms with van der Waals surface area (Å²) in [5.41, 5.74) is -14.3. The molecule has 0 saturated heterocycles. The second-order valence-electron chi connectivity index (χ2n) is 11.0. The van der Waals surface area contributed by atoms with Crippen LogP contribution in [-0.4, -0.2) is 34.3 Å². The minimum absolute atomic E-state index is 0.0545. The van der Waals surface area contributed by atoms with Gasteiger partial charge in [0.15, 0.2) is 69.8 Å². The number of rotatable bonds is 8. The Morgan fingerprint density at radius 2 is 0.561 bits per heavy atom. The van der Waals surface area contributed by atoms with Crippen LogP contribution in [0.4, 0.5) is 87.8 Å². The van der Waals surface area contributed by atoms with E-state index in [1.165, 1.54) is 0 Å². The van der Waals surface area contributed by atoms with Crippen LogP contribution in [-0.2, 0) is 10.9 Å². The van der Waals surface area contributed by atoms with Crippen molar-refractivity contribution in [2.75, 3.05) is 18.3 Å². The molecule has 0 bridgehead atoms. The van der Waals surface area contributed by atoms with Crippen molar-refractivity contribution in [1.82, 2.24) is 0 Å². The number of nitrogens with zero attached hydrogens (tertiary/aromatic N) is 2. The Labute approximate surface area is 303 Å². The molecule has 0 unspecified atom stereocenters. The Morgan fingerprint density at radius 1 is 0.404 bits per heavy atom. The average Bonchev–Trinajstić information content (AvgIpc) is 3.14. The fourth-order valence-corrected chi connectivity index (χ4v) is 5.81. The third-order valence-corrected chi connectivity index (χ3v) is 8.51. The van der Waals surface area contributed by atoms with Crippen LogP contribution < -0.4 is 21.9 Å². The van der Waals surface area contributed by atoms with Crippen LogP contribution in [0.15, 0.2) is 11.9 Å². The van der Waals surface area contributed by atoms with Gasteiger partial charge in [0.25, 0.3) is 0 Å². The van der Waals surface area contributed by atoms with E-state index in [4.69, 9.17) is 0 Å². The lowest BCUT2D eigenvalue weighted by Gasteiger charge is -2.44. The highest BCUT2D eigenvalue weighted by Gasteiger charge is 2.52. The zero-order valence-electron chi connectivity index (χ0n) is 26.9. The van der Waals surface area contributed by atoms with Gasteiger partial charge in [-0.3, -0.25) is 20.2 Å². The van der Waals surface area contributed by atoms with Crippen LogP contribution in [0, 0.1) is 137 Å². The standard InChI is InChI=1S/C24BF20.C5H9N2O4S/c26-5-1(6(27)14(35)21(42)13(5)34)25(2-7(28)15(36)22(43)16(37)8(2)29,3-9(30)17(38)23(44)18(39)10(3)31)4-11(32)19(40)24(45)20(41)12(4)33;1-12(2)4-3-5(6(8)9)7(10)11/h;3H,4H2,1-2H3/q-1;+1. The molecule has 0 aromatic heterocycles. The van der Waals surface area contributed by atoms with Crippen LogP contribution >= 0.6 is 0 Å². The minimum Gasteiger partial charge on any atom is -0.253 e. The smallest absolute Gasteiger partial charge is 0.253 e. The van der Waals surface area contributed by atoms with Crippen molar-refractivity contribution < 1.29 is 97.7 Å². The van der Waals surface area contributed by atoms with Gasteiger partial charge in [0.2, 0.25) is 0 Å². The molecule has 6 nitrogen and oxygen atoms in total. The number of halogens is 20. The quantitative estimate of drug-likeness (QED) is 0.0408. The fourth-order valence-electron chi connectivity index (χ4n) is 5.33. The minimum atomic E-state index is -7.22. The molecular formula is C29H9BF20N2O4S. The highest BCUT2D eigenvalue weighted by atomic mass is 32.2. The van der Waals surface area contributed by atoms with E-state index in [0.717, 1.165) is 6.08 Å². The van der Waals surface area contributed by atoms with E-state index in [2.05, 4.69) is 0 Å². The van der Waals surface area contributed by atoms with Crippen molar-refractivity contribution in [1.29, 1.82) is 0 Å². The maximum Gasteiger partial charge on any atom is 0.559 e. The molecule has 4 rings (SSSR count). The van der Waals surface area contributed by atoms with Crippen LogP contribution in [0.3, 0.4) is 0 Å². The summed E-state index contributed by atoms with van der Waals surface area (Å²) in [6, 6.07) is 0. The van der Waals surface area contributed by atoms with E-state index in [-0.39, 0.29) is 10.9 Å². The van der Waals surface area contributed by atoms with Crippen molar-refractivity contribution in [2.24, 2.45) is 0 Å². The van der Waals surface area contributed by atoms with Crippen molar-refractivity contribution in [3.05, 3.63) is 148 Å². The van der Waals surface area contributed by atoms with Crippen LogP contribution in [0.25, 0.3) is 0 Å². The summed E-state index contributed by atoms with van der Waals surface area (Å²) in [6.45, 7) is 0. The third kappa shape index (κ3) is 7.29. The number of nitro groups is 2. The molecule has 4 aromatic carbocycles. The van der Waals surface area contributed by atoms with Crippen molar-refractivity contribution >= 4 is 38.9 Å². The molecule has 28 heteroatoms. The summed E-state index contributed by atoms with van der Waals surface area (Å²) < 4.78 is 294. The topological polar surface area (TPSA) is 86.3 Å². The van der Waals surface area contributed by atoms with Gasteiger partial charge >= 0.3 is 5.82 Å². The molecule has 0 saturated carbocycles. The van der Waals surface area contributed by atoms with Gasteiger partial charge in [0.05, 0.1) is 12.5 Å². The molecular weight excluding hydrogens is 863 g/mol. The molecule has 0 atom stereocenters. The Morgan fingerprint density at radius 3 is 0.702 bits per heavy atom. The predicted molar refractivity (Wildman–Crippen MR) is 155 cm³/mol. The van der Waals surface area contributed by atoms with Gasteiger partial charge in [-0.1, -0.05) is 0 Å². The molecule has 4 aromatic rings. The normalized spacial score (nSPS) is 11.5. The van der Waals surface area contributed by atoms with Gasteiger partial charge in [0, 0.05) is 0 Å². The second kappa shape index (κ2) is 16.5. The van der Waals surface area contributed by atoms with E-state index >= 15 is 35.1 Å².